The average Bonchev–Trinajstić information content (AvgIpc) is 2.59. The second kappa shape index (κ2) is 6.56. The van der Waals surface area contributed by atoms with Crippen molar-refractivity contribution in [3.8, 4) is 16.9 Å². The number of halogens is 1. The van der Waals surface area contributed by atoms with Crippen LogP contribution in [0.1, 0.15) is 17.3 Å². The minimum Gasteiger partial charge on any atom is -0.506 e. The molecule has 0 fully saturated rings. The molecule has 0 aliphatic carbocycles. The third-order valence-electron chi connectivity index (χ3n) is 3.63. The Morgan fingerprint density at radius 3 is 2.80 bits per heavy atom. The minimum absolute atomic E-state index is 0.0205. The van der Waals surface area contributed by atoms with Gasteiger partial charge in [0.25, 0.3) is 0 Å². The Labute approximate surface area is 150 Å². The quantitative estimate of drug-likeness (QED) is 0.513. The van der Waals surface area contributed by atoms with Crippen LogP contribution < -0.4 is 5.56 Å². The van der Waals surface area contributed by atoms with Gasteiger partial charge in [-0.05, 0) is 36.2 Å². The first-order chi connectivity index (χ1) is 12.0. The highest BCUT2D eigenvalue weighted by atomic mass is 79.9. The lowest BCUT2D eigenvalue weighted by molar-refractivity contribution is 0.0515. The van der Waals surface area contributed by atoms with Gasteiger partial charge in [0, 0.05) is 10.7 Å². The molecule has 3 aromatic rings. The van der Waals surface area contributed by atoms with E-state index in [0.29, 0.717) is 11.1 Å². The molecular formula is C17H13BrN2O5. The molecule has 25 heavy (non-hydrogen) atoms. The van der Waals surface area contributed by atoms with E-state index in [-0.39, 0.29) is 22.4 Å². The number of ether oxygens (including phenoxy) is 1. The van der Waals surface area contributed by atoms with Crippen LogP contribution in [0.4, 0.5) is 0 Å². The first-order valence-corrected chi connectivity index (χ1v) is 8.14. The molecule has 1 aromatic carbocycles. The summed E-state index contributed by atoms with van der Waals surface area (Å²) in [4.78, 5) is 28.2. The third-order valence-corrected chi connectivity index (χ3v) is 4.12. The van der Waals surface area contributed by atoms with Gasteiger partial charge in [-0.3, -0.25) is 4.79 Å². The third kappa shape index (κ3) is 2.85. The second-order valence-corrected chi connectivity index (χ2v) is 6.04. The fraction of sp³-hybridized carbons (Fsp3) is 0.118. The minimum atomic E-state index is -1.10. The Bertz CT molecular complexity index is 1050. The summed E-state index contributed by atoms with van der Waals surface area (Å²) in [5, 5.41) is 20.8. The number of benzene rings is 1. The molecule has 0 amide bonds. The summed E-state index contributed by atoms with van der Waals surface area (Å²) in [5.74, 6) is -1.59. The van der Waals surface area contributed by atoms with Crippen LogP contribution in [0.25, 0.3) is 22.2 Å². The number of pyridine rings is 2. The van der Waals surface area contributed by atoms with Gasteiger partial charge >= 0.3 is 11.5 Å². The summed E-state index contributed by atoms with van der Waals surface area (Å²) < 4.78 is 5.85. The Kier molecular flexibility index (Phi) is 4.45. The number of rotatable bonds is 3. The van der Waals surface area contributed by atoms with Crippen molar-refractivity contribution in [3.05, 3.63) is 56.9 Å². The van der Waals surface area contributed by atoms with Crippen molar-refractivity contribution >= 4 is 32.9 Å². The summed E-state index contributed by atoms with van der Waals surface area (Å²) >= 11 is 3.37. The van der Waals surface area contributed by atoms with Crippen molar-refractivity contribution < 1.29 is 19.8 Å². The van der Waals surface area contributed by atoms with Crippen LogP contribution in [0.15, 0.2) is 45.8 Å². The zero-order valence-electron chi connectivity index (χ0n) is 13.1. The molecule has 0 radical (unpaired) electrons. The molecule has 0 unspecified atom stereocenters. The molecule has 8 heteroatoms. The molecule has 0 aliphatic heterocycles. The normalized spacial score (nSPS) is 10.8. The standard InChI is InChI=1S/C17H13BrN2O5/c1-2-25-17(23)13-14(21)12-11(9-4-3-5-10(18)8-9)6-7-19-15(12)20(24)16(13)22/h3-8,21,24H,2H2,1H3. The van der Waals surface area contributed by atoms with Gasteiger partial charge in [-0.1, -0.05) is 28.1 Å². The largest absolute Gasteiger partial charge is 0.506 e. The van der Waals surface area contributed by atoms with Crippen LogP contribution >= 0.6 is 15.9 Å². The molecule has 2 N–H and O–H groups in total. The summed E-state index contributed by atoms with van der Waals surface area (Å²) in [7, 11) is 0. The van der Waals surface area contributed by atoms with Gasteiger partial charge in [-0.15, -0.1) is 4.73 Å². The molecule has 0 saturated heterocycles. The van der Waals surface area contributed by atoms with E-state index in [1.54, 1.807) is 31.2 Å². The van der Waals surface area contributed by atoms with Crippen LogP contribution in [0.2, 0.25) is 0 Å². The predicted molar refractivity (Wildman–Crippen MR) is 93.9 cm³/mol. The van der Waals surface area contributed by atoms with E-state index in [1.165, 1.54) is 6.20 Å². The Balaban J connectivity index is 2.42. The number of aromatic nitrogens is 2. The summed E-state index contributed by atoms with van der Waals surface area (Å²) in [6.07, 6.45) is 1.40. The molecular weight excluding hydrogens is 392 g/mol. The van der Waals surface area contributed by atoms with Gasteiger partial charge < -0.3 is 15.1 Å². The van der Waals surface area contributed by atoms with Crippen molar-refractivity contribution in [2.75, 3.05) is 6.61 Å². The molecule has 2 aromatic heterocycles. The molecule has 7 nitrogen and oxygen atoms in total. The lowest BCUT2D eigenvalue weighted by atomic mass is 10.0. The SMILES string of the molecule is CCOC(=O)c1c(O)c2c(-c3cccc(Br)c3)ccnc2n(O)c1=O. The Morgan fingerprint density at radius 1 is 1.36 bits per heavy atom. The number of hydrogen-bond donors (Lipinski definition) is 2. The number of esters is 1. The second-order valence-electron chi connectivity index (χ2n) is 5.13. The molecule has 0 bridgehead atoms. The van der Waals surface area contributed by atoms with E-state index in [2.05, 4.69) is 20.9 Å². The summed E-state index contributed by atoms with van der Waals surface area (Å²) in [6, 6.07) is 8.83. The smallest absolute Gasteiger partial charge is 0.347 e. The van der Waals surface area contributed by atoms with Gasteiger partial charge in [0.05, 0.1) is 12.0 Å². The van der Waals surface area contributed by atoms with Gasteiger partial charge in [0.2, 0.25) is 0 Å². The maximum absolute atomic E-state index is 12.2. The zero-order chi connectivity index (χ0) is 18.1. The zero-order valence-corrected chi connectivity index (χ0v) is 14.6. The lowest BCUT2D eigenvalue weighted by Crippen LogP contribution is -2.27. The number of carbonyl (C=O) groups is 1. The van der Waals surface area contributed by atoms with Gasteiger partial charge in [-0.2, -0.15) is 0 Å². The number of nitrogens with zero attached hydrogens (tertiary/aromatic N) is 2. The van der Waals surface area contributed by atoms with Crippen LogP contribution in [0.3, 0.4) is 0 Å². The fourth-order valence-corrected chi connectivity index (χ4v) is 2.96. The van der Waals surface area contributed by atoms with Crippen molar-refractivity contribution in [2.24, 2.45) is 0 Å². The van der Waals surface area contributed by atoms with Gasteiger partial charge in [0.15, 0.2) is 11.2 Å². The highest BCUT2D eigenvalue weighted by molar-refractivity contribution is 9.10. The number of carbonyl (C=O) groups excluding carboxylic acids is 1. The lowest BCUT2D eigenvalue weighted by Gasteiger charge is -2.13. The van der Waals surface area contributed by atoms with E-state index in [9.17, 15) is 19.9 Å². The van der Waals surface area contributed by atoms with Crippen LogP contribution in [0.5, 0.6) is 5.75 Å². The van der Waals surface area contributed by atoms with E-state index in [0.717, 1.165) is 4.47 Å². The van der Waals surface area contributed by atoms with Crippen molar-refractivity contribution in [2.45, 2.75) is 6.92 Å². The summed E-state index contributed by atoms with van der Waals surface area (Å²) in [6.45, 7) is 1.59. The van der Waals surface area contributed by atoms with Gasteiger partial charge in [0.1, 0.15) is 5.75 Å². The van der Waals surface area contributed by atoms with Crippen LogP contribution in [-0.2, 0) is 4.74 Å². The van der Waals surface area contributed by atoms with Crippen LogP contribution in [0, 0.1) is 0 Å². The highest BCUT2D eigenvalue weighted by Gasteiger charge is 2.25. The molecule has 0 aliphatic rings. The van der Waals surface area contributed by atoms with Crippen molar-refractivity contribution in [1.29, 1.82) is 0 Å². The highest BCUT2D eigenvalue weighted by Crippen LogP contribution is 2.35. The first kappa shape index (κ1) is 17.0. The molecule has 0 spiro atoms. The number of fused-ring (bicyclic) bond motifs is 1. The Morgan fingerprint density at radius 2 is 2.12 bits per heavy atom. The van der Waals surface area contributed by atoms with Gasteiger partial charge in [-0.25, -0.2) is 9.78 Å². The van der Waals surface area contributed by atoms with E-state index >= 15 is 0 Å². The van der Waals surface area contributed by atoms with Crippen molar-refractivity contribution in [3.63, 3.8) is 0 Å². The summed E-state index contributed by atoms with van der Waals surface area (Å²) in [5.41, 5.74) is -0.695. The van der Waals surface area contributed by atoms with Crippen molar-refractivity contribution in [1.82, 2.24) is 9.71 Å². The molecule has 0 atom stereocenters. The molecule has 2 heterocycles. The maximum Gasteiger partial charge on any atom is 0.347 e. The Hall–Kier alpha value is -2.87. The van der Waals surface area contributed by atoms with Crippen LogP contribution in [-0.4, -0.2) is 32.6 Å². The first-order valence-electron chi connectivity index (χ1n) is 7.34. The number of aromatic hydroxyl groups is 1. The predicted octanol–water partition coefficient (Wildman–Crippen LogP) is 2.95. The van der Waals surface area contributed by atoms with E-state index in [4.69, 9.17) is 4.74 Å². The maximum atomic E-state index is 12.2. The fourth-order valence-electron chi connectivity index (χ4n) is 2.56. The monoisotopic (exact) mass is 404 g/mol. The molecule has 0 saturated carbocycles. The van der Waals surface area contributed by atoms with E-state index in [1.807, 2.05) is 6.07 Å². The molecule has 128 valence electrons. The molecule has 3 rings (SSSR count). The average molecular weight is 405 g/mol. The topological polar surface area (TPSA) is 102 Å². The van der Waals surface area contributed by atoms with E-state index < -0.39 is 22.8 Å². The number of hydrogen-bond acceptors (Lipinski definition) is 6.